The van der Waals surface area contributed by atoms with Crippen LogP contribution in [0.1, 0.15) is 11.1 Å². The zero-order valence-electron chi connectivity index (χ0n) is 6.89. The second kappa shape index (κ2) is 3.59. The van der Waals surface area contributed by atoms with Crippen LogP contribution in [0.3, 0.4) is 0 Å². The zero-order valence-corrected chi connectivity index (χ0v) is 8.47. The number of halogens is 1. The summed E-state index contributed by atoms with van der Waals surface area (Å²) in [7, 11) is 1.57. The molecule has 12 heavy (non-hydrogen) atoms. The van der Waals surface area contributed by atoms with Gasteiger partial charge in [0, 0.05) is 4.47 Å². The third-order valence-electron chi connectivity index (χ3n) is 1.56. The average molecular weight is 226 g/mol. The molecule has 62 valence electrons. The lowest BCUT2D eigenvalue weighted by Crippen LogP contribution is -1.91. The molecule has 0 aliphatic heterocycles. The van der Waals surface area contributed by atoms with Crippen LogP contribution in [0.4, 0.5) is 0 Å². The van der Waals surface area contributed by atoms with E-state index in [-0.39, 0.29) is 0 Å². The van der Waals surface area contributed by atoms with Gasteiger partial charge in [-0.05, 0) is 24.6 Å². The molecule has 0 aromatic heterocycles. The number of methoxy groups -OCH3 is 1. The molecule has 0 atom stereocenters. The van der Waals surface area contributed by atoms with Crippen LogP contribution in [-0.4, -0.2) is 7.11 Å². The minimum absolute atomic E-state index is 0.560. The molecule has 0 heterocycles. The monoisotopic (exact) mass is 225 g/mol. The molecular weight excluding hydrogens is 218 g/mol. The lowest BCUT2D eigenvalue weighted by atomic mass is 10.1. The molecule has 0 aliphatic rings. The van der Waals surface area contributed by atoms with Crippen molar-refractivity contribution >= 4 is 15.9 Å². The molecule has 0 unspecified atom stereocenters. The van der Waals surface area contributed by atoms with E-state index in [0.29, 0.717) is 11.3 Å². The van der Waals surface area contributed by atoms with Gasteiger partial charge in [0.1, 0.15) is 11.8 Å². The largest absolute Gasteiger partial charge is 0.495 e. The predicted octanol–water partition coefficient (Wildman–Crippen LogP) is 2.64. The van der Waals surface area contributed by atoms with Crippen molar-refractivity contribution in [3.63, 3.8) is 0 Å². The van der Waals surface area contributed by atoms with Crippen molar-refractivity contribution in [2.45, 2.75) is 6.92 Å². The zero-order chi connectivity index (χ0) is 9.14. The summed E-state index contributed by atoms with van der Waals surface area (Å²) in [5.41, 5.74) is 1.52. The van der Waals surface area contributed by atoms with Crippen LogP contribution in [0.25, 0.3) is 0 Å². The number of hydrogen-bond acceptors (Lipinski definition) is 2. The molecular formula is C9H8BrNO. The Morgan fingerprint density at radius 2 is 2.17 bits per heavy atom. The van der Waals surface area contributed by atoms with Crippen molar-refractivity contribution in [2.24, 2.45) is 0 Å². The van der Waals surface area contributed by atoms with E-state index >= 15 is 0 Å². The van der Waals surface area contributed by atoms with E-state index in [9.17, 15) is 0 Å². The Bertz CT molecular complexity index is 341. The molecule has 3 heteroatoms. The predicted molar refractivity (Wildman–Crippen MR) is 50.1 cm³/mol. The van der Waals surface area contributed by atoms with E-state index in [1.165, 1.54) is 0 Å². The molecule has 0 bridgehead atoms. The highest BCUT2D eigenvalue weighted by molar-refractivity contribution is 9.10. The first-order chi connectivity index (χ1) is 5.69. The molecule has 1 aromatic carbocycles. The van der Waals surface area contributed by atoms with Gasteiger partial charge in [0.2, 0.25) is 0 Å². The molecule has 0 spiro atoms. The molecule has 0 radical (unpaired) electrons. The highest BCUT2D eigenvalue weighted by atomic mass is 79.9. The molecule has 2 nitrogen and oxygen atoms in total. The van der Waals surface area contributed by atoms with E-state index in [4.69, 9.17) is 10.00 Å². The minimum Gasteiger partial charge on any atom is -0.495 e. The maximum Gasteiger partial charge on any atom is 0.139 e. The van der Waals surface area contributed by atoms with Gasteiger partial charge in [-0.2, -0.15) is 5.26 Å². The number of rotatable bonds is 1. The summed E-state index contributed by atoms with van der Waals surface area (Å²) in [6, 6.07) is 5.73. The molecule has 1 rings (SSSR count). The van der Waals surface area contributed by atoms with Gasteiger partial charge in [0.05, 0.1) is 12.7 Å². The number of hydrogen-bond donors (Lipinski definition) is 0. The molecule has 0 aliphatic carbocycles. The Kier molecular flexibility index (Phi) is 2.72. The number of aryl methyl sites for hydroxylation is 1. The van der Waals surface area contributed by atoms with E-state index in [2.05, 4.69) is 22.0 Å². The van der Waals surface area contributed by atoms with Crippen LogP contribution in [-0.2, 0) is 0 Å². The fourth-order valence-corrected chi connectivity index (χ4v) is 1.66. The van der Waals surface area contributed by atoms with Crippen molar-refractivity contribution in [1.29, 1.82) is 5.26 Å². The molecule has 0 N–H and O–H groups in total. The third kappa shape index (κ3) is 1.59. The number of nitriles is 1. The van der Waals surface area contributed by atoms with E-state index in [0.717, 1.165) is 10.0 Å². The first-order valence-corrected chi connectivity index (χ1v) is 4.22. The van der Waals surface area contributed by atoms with Crippen LogP contribution < -0.4 is 4.74 Å². The maximum absolute atomic E-state index is 8.75. The standard InChI is InChI=1S/C9H8BrNO/c1-6-3-8(10)4-7(5-11)9(6)12-2/h3-4H,1-2H3. The van der Waals surface area contributed by atoms with Crippen LogP contribution >= 0.6 is 15.9 Å². The SMILES string of the molecule is COc1c(C)cc(Br)cc1C#N. The van der Waals surface area contributed by atoms with E-state index in [1.807, 2.05) is 13.0 Å². The summed E-state index contributed by atoms with van der Waals surface area (Å²) in [5.74, 6) is 0.653. The van der Waals surface area contributed by atoms with Gasteiger partial charge in [-0.15, -0.1) is 0 Å². The van der Waals surface area contributed by atoms with Crippen LogP contribution in [0.2, 0.25) is 0 Å². The van der Waals surface area contributed by atoms with Gasteiger partial charge >= 0.3 is 0 Å². The smallest absolute Gasteiger partial charge is 0.139 e. The van der Waals surface area contributed by atoms with Gasteiger partial charge in [-0.1, -0.05) is 15.9 Å². The lowest BCUT2D eigenvalue weighted by Gasteiger charge is -2.06. The Morgan fingerprint density at radius 3 is 2.67 bits per heavy atom. The van der Waals surface area contributed by atoms with Gasteiger partial charge in [0.15, 0.2) is 0 Å². The molecule has 0 amide bonds. The minimum atomic E-state index is 0.560. The molecule has 0 saturated carbocycles. The quantitative estimate of drug-likeness (QED) is 0.737. The first-order valence-electron chi connectivity index (χ1n) is 3.43. The fraction of sp³-hybridized carbons (Fsp3) is 0.222. The Morgan fingerprint density at radius 1 is 1.50 bits per heavy atom. The number of benzene rings is 1. The normalized spacial score (nSPS) is 9.17. The molecule has 0 saturated heterocycles. The van der Waals surface area contributed by atoms with Crippen molar-refractivity contribution in [2.75, 3.05) is 7.11 Å². The van der Waals surface area contributed by atoms with E-state index < -0.39 is 0 Å². The van der Waals surface area contributed by atoms with Gasteiger partial charge < -0.3 is 4.74 Å². The summed E-state index contributed by atoms with van der Waals surface area (Å²) in [4.78, 5) is 0. The Labute approximate surface area is 79.9 Å². The highest BCUT2D eigenvalue weighted by Gasteiger charge is 2.06. The van der Waals surface area contributed by atoms with Crippen molar-refractivity contribution < 1.29 is 4.74 Å². The molecule has 1 aromatic rings. The van der Waals surface area contributed by atoms with Crippen LogP contribution in [0.5, 0.6) is 5.75 Å². The van der Waals surface area contributed by atoms with Crippen LogP contribution in [0, 0.1) is 18.3 Å². The van der Waals surface area contributed by atoms with Gasteiger partial charge in [-0.25, -0.2) is 0 Å². The highest BCUT2D eigenvalue weighted by Crippen LogP contribution is 2.26. The fourth-order valence-electron chi connectivity index (χ4n) is 1.08. The van der Waals surface area contributed by atoms with Crippen molar-refractivity contribution in [1.82, 2.24) is 0 Å². The average Bonchev–Trinajstić information content (AvgIpc) is 2.03. The summed E-state index contributed by atoms with van der Waals surface area (Å²) in [6.07, 6.45) is 0. The third-order valence-corrected chi connectivity index (χ3v) is 2.02. The second-order valence-electron chi connectivity index (χ2n) is 2.42. The first kappa shape index (κ1) is 9.08. The summed E-state index contributed by atoms with van der Waals surface area (Å²) < 4.78 is 5.98. The van der Waals surface area contributed by atoms with Gasteiger partial charge in [-0.3, -0.25) is 0 Å². The second-order valence-corrected chi connectivity index (χ2v) is 3.33. The van der Waals surface area contributed by atoms with Crippen LogP contribution in [0.15, 0.2) is 16.6 Å². The molecule has 0 fully saturated rings. The van der Waals surface area contributed by atoms with E-state index in [1.54, 1.807) is 13.2 Å². The number of ether oxygens (including phenoxy) is 1. The van der Waals surface area contributed by atoms with Crippen molar-refractivity contribution in [3.05, 3.63) is 27.7 Å². The summed E-state index contributed by atoms with van der Waals surface area (Å²) in [6.45, 7) is 1.91. The van der Waals surface area contributed by atoms with Gasteiger partial charge in [0.25, 0.3) is 0 Å². The number of nitrogens with zero attached hydrogens (tertiary/aromatic N) is 1. The topological polar surface area (TPSA) is 33.0 Å². The van der Waals surface area contributed by atoms with Crippen molar-refractivity contribution in [3.8, 4) is 11.8 Å². The Balaban J connectivity index is 3.36. The lowest BCUT2D eigenvalue weighted by molar-refractivity contribution is 0.410. The summed E-state index contributed by atoms with van der Waals surface area (Å²) >= 11 is 3.31. The maximum atomic E-state index is 8.75. The Hall–Kier alpha value is -1.01. The summed E-state index contributed by atoms with van der Waals surface area (Å²) in [5, 5.41) is 8.75.